The Morgan fingerprint density at radius 2 is 1.67 bits per heavy atom. The molecule has 36 heavy (non-hydrogen) atoms. The van der Waals surface area contributed by atoms with Crippen LogP contribution >= 0.6 is 0 Å². The maximum absolute atomic E-state index is 5.99. The van der Waals surface area contributed by atoms with Crippen LogP contribution < -0.4 is 34.1 Å². The molecular formula is C28H42N8. The molecule has 194 valence electrons. The van der Waals surface area contributed by atoms with Crippen molar-refractivity contribution in [1.29, 1.82) is 0 Å². The summed E-state index contributed by atoms with van der Waals surface area (Å²) in [7, 11) is 2.18. The second-order valence-corrected chi connectivity index (χ2v) is 9.05. The third-order valence-electron chi connectivity index (χ3n) is 6.33. The number of amidine groups is 1. The van der Waals surface area contributed by atoms with E-state index in [4.69, 9.17) is 28.8 Å². The lowest BCUT2D eigenvalue weighted by Crippen LogP contribution is -2.35. The van der Waals surface area contributed by atoms with Gasteiger partial charge in [-0.15, -0.1) is 6.58 Å². The van der Waals surface area contributed by atoms with Crippen LogP contribution in [0.5, 0.6) is 0 Å². The Morgan fingerprint density at radius 3 is 2.14 bits per heavy atom. The van der Waals surface area contributed by atoms with Crippen LogP contribution in [-0.4, -0.2) is 30.4 Å². The van der Waals surface area contributed by atoms with Gasteiger partial charge in [-0.05, 0) is 56.5 Å². The van der Waals surface area contributed by atoms with E-state index in [1.54, 1.807) is 6.08 Å². The summed E-state index contributed by atoms with van der Waals surface area (Å²) in [4.78, 5) is 2.39. The number of hydrazone groups is 1. The van der Waals surface area contributed by atoms with Crippen molar-refractivity contribution >= 4 is 5.84 Å². The number of rotatable bonds is 9. The predicted molar refractivity (Wildman–Crippen MR) is 151 cm³/mol. The number of likely N-dealkylation sites (N-methyl/N-ethyl adjacent to an activating group) is 1. The van der Waals surface area contributed by atoms with Crippen molar-refractivity contribution in [3.8, 4) is 0 Å². The van der Waals surface area contributed by atoms with E-state index < -0.39 is 0 Å². The highest BCUT2D eigenvalue weighted by atomic mass is 15.2. The van der Waals surface area contributed by atoms with Crippen LogP contribution in [0.4, 0.5) is 0 Å². The summed E-state index contributed by atoms with van der Waals surface area (Å²) >= 11 is 0. The molecule has 8 nitrogen and oxygen atoms in total. The molecule has 0 saturated carbocycles. The second-order valence-electron chi connectivity index (χ2n) is 9.05. The Morgan fingerprint density at radius 1 is 1.08 bits per heavy atom. The quantitative estimate of drug-likeness (QED) is 0.104. The van der Waals surface area contributed by atoms with Crippen molar-refractivity contribution in [1.82, 2.24) is 10.2 Å². The first-order chi connectivity index (χ1) is 17.2. The third kappa shape index (κ3) is 7.90. The Bertz CT molecular complexity index is 1040. The monoisotopic (exact) mass is 490 g/mol. The van der Waals surface area contributed by atoms with E-state index in [0.717, 1.165) is 17.8 Å². The van der Waals surface area contributed by atoms with Gasteiger partial charge in [0, 0.05) is 23.4 Å². The summed E-state index contributed by atoms with van der Waals surface area (Å²) in [6.45, 7) is 11.0. The fourth-order valence-electron chi connectivity index (χ4n) is 4.22. The van der Waals surface area contributed by atoms with Gasteiger partial charge in [0.05, 0.1) is 6.04 Å². The maximum Gasteiger partial charge on any atom is 0.150 e. The van der Waals surface area contributed by atoms with Gasteiger partial charge in [-0.1, -0.05) is 67.3 Å². The number of nitrogens with zero attached hydrogens (tertiary/aromatic N) is 2. The lowest BCUT2D eigenvalue weighted by atomic mass is 9.96. The second kappa shape index (κ2) is 14.0. The minimum Gasteiger partial charge on any atom is -0.385 e. The Kier molecular flexibility index (Phi) is 11.1. The number of hydrogen-bond acceptors (Lipinski definition) is 7. The van der Waals surface area contributed by atoms with Gasteiger partial charge in [0.25, 0.3) is 0 Å². The van der Waals surface area contributed by atoms with Crippen LogP contribution in [0.25, 0.3) is 0 Å². The fourth-order valence-corrected chi connectivity index (χ4v) is 4.22. The minimum atomic E-state index is 0.0549. The summed E-state index contributed by atoms with van der Waals surface area (Å²) in [5.41, 5.74) is 27.2. The van der Waals surface area contributed by atoms with Gasteiger partial charge in [0.2, 0.25) is 0 Å². The minimum absolute atomic E-state index is 0.0549. The van der Waals surface area contributed by atoms with E-state index in [2.05, 4.69) is 90.1 Å². The molecule has 1 fully saturated rings. The number of nitrogens with two attached hydrogens (primary N) is 5. The fraction of sp³-hybridized carbons (Fsp3) is 0.321. The molecule has 2 aromatic carbocycles. The normalized spacial score (nSPS) is 17.3. The third-order valence-corrected chi connectivity index (χ3v) is 6.33. The van der Waals surface area contributed by atoms with E-state index in [1.807, 2.05) is 6.92 Å². The summed E-state index contributed by atoms with van der Waals surface area (Å²) in [5.74, 6) is 5.19. The zero-order chi connectivity index (χ0) is 26.7. The topological polar surface area (TPSA) is 158 Å². The summed E-state index contributed by atoms with van der Waals surface area (Å²) in [5, 5.41) is 6.96. The SMILES string of the molecule is C=C(N[C@@H](c1ccccc1)c1ccc(C(C)N)cc1)C1CCCN1C.C=CCC(=C(N)N)/C(N)=N/N. The molecule has 1 aliphatic heterocycles. The molecule has 1 saturated heterocycles. The average molecular weight is 491 g/mol. The molecular weight excluding hydrogens is 448 g/mol. The molecule has 1 aliphatic rings. The summed E-state index contributed by atoms with van der Waals surface area (Å²) in [6, 6.07) is 19.7. The van der Waals surface area contributed by atoms with E-state index in [9.17, 15) is 0 Å². The molecule has 1 heterocycles. The number of allylic oxidation sites excluding steroid dienone is 1. The van der Waals surface area contributed by atoms with Crippen LogP contribution in [-0.2, 0) is 0 Å². The molecule has 2 unspecified atom stereocenters. The zero-order valence-corrected chi connectivity index (χ0v) is 21.5. The molecule has 3 rings (SSSR count). The van der Waals surface area contributed by atoms with Gasteiger partial charge in [0.15, 0.2) is 0 Å². The Hall–Kier alpha value is -3.75. The molecule has 11 N–H and O–H groups in total. The molecule has 8 heteroatoms. The number of nitrogens with one attached hydrogen (secondary N) is 1. The van der Waals surface area contributed by atoms with Crippen LogP contribution in [0.15, 0.2) is 96.0 Å². The highest BCUT2D eigenvalue weighted by Crippen LogP contribution is 2.27. The first kappa shape index (κ1) is 28.5. The van der Waals surface area contributed by atoms with Gasteiger partial charge in [-0.25, -0.2) is 0 Å². The van der Waals surface area contributed by atoms with Crippen LogP contribution in [0.1, 0.15) is 55.0 Å². The molecule has 0 bridgehead atoms. The average Bonchev–Trinajstić information content (AvgIpc) is 3.32. The summed E-state index contributed by atoms with van der Waals surface area (Å²) < 4.78 is 0. The van der Waals surface area contributed by atoms with E-state index in [1.165, 1.54) is 24.0 Å². The highest BCUT2D eigenvalue weighted by Gasteiger charge is 2.25. The standard InChI is InChI=1S/C22H29N3.C6H13N5/c1-16(23)18-11-13-20(14-12-18)22(19-8-5-4-6-9-19)24-17(2)21-10-7-15-25(21)3;1-2-3-4(5(7)8)6(9)11-10/h4-6,8-9,11-14,16,21-22,24H,2,7,10,15,23H2,1,3H3;2H,1,3,7-8,10H2,(H2,9,11)/t16?,21?,22-;/m0./s1. The largest absolute Gasteiger partial charge is 0.385 e. The first-order valence-electron chi connectivity index (χ1n) is 12.1. The highest BCUT2D eigenvalue weighted by molar-refractivity contribution is 5.97. The number of hydrogen-bond donors (Lipinski definition) is 6. The number of likely N-dealkylation sites (tertiary alicyclic amines) is 1. The van der Waals surface area contributed by atoms with Crippen molar-refractivity contribution in [2.24, 2.45) is 33.9 Å². The van der Waals surface area contributed by atoms with Crippen molar-refractivity contribution in [2.75, 3.05) is 13.6 Å². The van der Waals surface area contributed by atoms with Gasteiger partial charge in [-0.3, -0.25) is 4.90 Å². The lowest BCUT2D eigenvalue weighted by molar-refractivity contribution is 0.331. The first-order valence-corrected chi connectivity index (χ1v) is 12.1. The summed E-state index contributed by atoms with van der Waals surface area (Å²) in [6.07, 6.45) is 4.50. The molecule has 0 radical (unpaired) electrons. The molecule has 2 aromatic rings. The van der Waals surface area contributed by atoms with Crippen molar-refractivity contribution in [3.05, 3.63) is 108 Å². The molecule has 0 aliphatic carbocycles. The van der Waals surface area contributed by atoms with Crippen LogP contribution in [0.3, 0.4) is 0 Å². The Labute approximate surface area is 215 Å². The van der Waals surface area contributed by atoms with Gasteiger partial charge in [-0.2, -0.15) is 5.10 Å². The lowest BCUT2D eigenvalue weighted by Gasteiger charge is -2.28. The Balaban J connectivity index is 0.000000352. The van der Waals surface area contributed by atoms with Gasteiger partial charge < -0.3 is 34.1 Å². The van der Waals surface area contributed by atoms with Crippen LogP contribution in [0.2, 0.25) is 0 Å². The smallest absolute Gasteiger partial charge is 0.150 e. The van der Waals surface area contributed by atoms with Crippen LogP contribution in [0, 0.1) is 0 Å². The van der Waals surface area contributed by atoms with Gasteiger partial charge in [0.1, 0.15) is 11.7 Å². The molecule has 3 atom stereocenters. The predicted octanol–water partition coefficient (Wildman–Crippen LogP) is 2.92. The van der Waals surface area contributed by atoms with E-state index in [0.29, 0.717) is 18.0 Å². The van der Waals surface area contributed by atoms with Crippen molar-refractivity contribution < 1.29 is 0 Å². The van der Waals surface area contributed by atoms with Crippen molar-refractivity contribution in [3.63, 3.8) is 0 Å². The maximum atomic E-state index is 5.99. The van der Waals surface area contributed by atoms with E-state index in [-0.39, 0.29) is 23.7 Å². The van der Waals surface area contributed by atoms with Crippen molar-refractivity contribution in [2.45, 2.75) is 44.3 Å². The zero-order valence-electron chi connectivity index (χ0n) is 21.5. The molecule has 0 aromatic heterocycles. The van der Waals surface area contributed by atoms with Gasteiger partial charge >= 0.3 is 0 Å². The molecule has 0 amide bonds. The number of benzene rings is 2. The van der Waals surface area contributed by atoms with E-state index >= 15 is 0 Å². The molecule has 0 spiro atoms.